The lowest BCUT2D eigenvalue weighted by Crippen LogP contribution is -2.33. The third kappa shape index (κ3) is 7.26. The number of thioether (sulfide) groups is 1. The van der Waals surface area contributed by atoms with E-state index in [1.807, 2.05) is 17.8 Å². The zero-order chi connectivity index (χ0) is 18.6. The van der Waals surface area contributed by atoms with E-state index < -0.39 is 0 Å². The fourth-order valence-corrected chi connectivity index (χ4v) is 3.97. The highest BCUT2D eigenvalue weighted by Gasteiger charge is 2.09. The molecule has 4 nitrogen and oxygen atoms in total. The van der Waals surface area contributed by atoms with E-state index in [1.54, 1.807) is 8.05 Å². The Kier molecular flexibility index (Phi) is 10.0. The molecule has 1 aliphatic rings. The molecule has 1 aromatic carbocycles. The molecular weight excluding hydrogens is 343 g/mol. The fraction of sp³-hybridized carbons (Fsp3) is 0.600. The Labute approximate surface area is 164 Å². The lowest BCUT2D eigenvalue weighted by atomic mass is 10.2. The molecule has 0 amide bonds. The minimum Gasteiger partial charge on any atom is -0.565 e. The van der Waals surface area contributed by atoms with E-state index in [4.69, 9.17) is 9.39 Å². The minimum atomic E-state index is 0.642. The van der Waals surface area contributed by atoms with Gasteiger partial charge in [-0.05, 0) is 50.0 Å². The van der Waals surface area contributed by atoms with Crippen LogP contribution in [0.1, 0.15) is 38.7 Å². The van der Waals surface area contributed by atoms with E-state index in [0.717, 1.165) is 37.6 Å². The van der Waals surface area contributed by atoms with Crippen LogP contribution in [0.2, 0.25) is 0 Å². The fourth-order valence-electron chi connectivity index (χ4n) is 3.10. The van der Waals surface area contributed by atoms with Crippen LogP contribution < -0.4 is 14.7 Å². The van der Waals surface area contributed by atoms with Crippen LogP contribution in [0.5, 0.6) is 11.5 Å². The van der Waals surface area contributed by atoms with Crippen molar-refractivity contribution >= 4 is 19.8 Å². The summed E-state index contributed by atoms with van der Waals surface area (Å²) in [7, 11) is 1.70. The molecule has 2 rings (SSSR count). The molecule has 0 atom stereocenters. The monoisotopic (exact) mass is 376 g/mol. The smallest absolute Gasteiger partial charge is 0.322 e. The molecule has 0 unspecified atom stereocenters. The molecule has 0 spiro atoms. The lowest BCUT2D eigenvalue weighted by Gasteiger charge is -2.21. The summed E-state index contributed by atoms with van der Waals surface area (Å²) in [5, 5.41) is 3.55. The summed E-state index contributed by atoms with van der Waals surface area (Å²) < 4.78 is 11.5. The largest absolute Gasteiger partial charge is 0.565 e. The molecule has 1 heterocycles. The highest BCUT2D eigenvalue weighted by molar-refractivity contribution is 8.03. The van der Waals surface area contributed by atoms with Crippen molar-refractivity contribution in [1.82, 2.24) is 10.2 Å². The van der Waals surface area contributed by atoms with Crippen LogP contribution in [0.4, 0.5) is 0 Å². The van der Waals surface area contributed by atoms with Crippen LogP contribution in [0.15, 0.2) is 29.2 Å². The standard InChI is InChI=1S/C20H33BN2O2S/c1-3-10-23(11-4-2)12-9-22-15-17-7-8-19(20(14-17)25-21)24-16-18-6-5-13-26-18/h6-8,14,22H,3-5,9-13,15-16,21H2,1-2H3. The molecule has 0 aliphatic carbocycles. The second-order valence-electron chi connectivity index (χ2n) is 6.60. The van der Waals surface area contributed by atoms with E-state index in [9.17, 15) is 0 Å². The number of nitrogens with one attached hydrogen (secondary N) is 1. The van der Waals surface area contributed by atoms with Gasteiger partial charge in [0.15, 0.2) is 5.75 Å². The van der Waals surface area contributed by atoms with Crippen molar-refractivity contribution in [3.8, 4) is 11.5 Å². The summed E-state index contributed by atoms with van der Waals surface area (Å²) in [4.78, 5) is 3.85. The molecular formula is C20H33BN2O2S. The summed E-state index contributed by atoms with van der Waals surface area (Å²) in [6, 6.07) is 6.22. The number of nitrogens with zero attached hydrogens (tertiary/aromatic N) is 1. The Bertz CT molecular complexity index is 563. The van der Waals surface area contributed by atoms with Gasteiger partial charge in [-0.2, -0.15) is 0 Å². The van der Waals surface area contributed by atoms with Crippen molar-refractivity contribution in [1.29, 1.82) is 0 Å². The number of hydrogen-bond donors (Lipinski definition) is 1. The van der Waals surface area contributed by atoms with Gasteiger partial charge in [0.05, 0.1) is 0 Å². The van der Waals surface area contributed by atoms with Gasteiger partial charge in [-0.3, -0.25) is 0 Å². The molecule has 1 aromatic rings. The third-order valence-corrected chi connectivity index (χ3v) is 5.48. The maximum absolute atomic E-state index is 5.94. The Hall–Kier alpha value is -1.11. The van der Waals surface area contributed by atoms with Crippen LogP contribution >= 0.6 is 11.8 Å². The Morgan fingerprint density at radius 1 is 1.15 bits per heavy atom. The summed E-state index contributed by atoms with van der Waals surface area (Å²) in [5.74, 6) is 2.81. The maximum atomic E-state index is 5.94. The van der Waals surface area contributed by atoms with Crippen LogP contribution in [0, 0.1) is 0 Å². The maximum Gasteiger partial charge on any atom is 0.322 e. The number of rotatable bonds is 13. The highest BCUT2D eigenvalue weighted by atomic mass is 32.2. The van der Waals surface area contributed by atoms with Gasteiger partial charge in [-0.1, -0.05) is 26.0 Å². The molecule has 0 radical (unpaired) electrons. The summed E-state index contributed by atoms with van der Waals surface area (Å²) in [5.41, 5.74) is 1.22. The van der Waals surface area contributed by atoms with Crippen molar-refractivity contribution in [3.63, 3.8) is 0 Å². The predicted octanol–water partition coefficient (Wildman–Crippen LogP) is 3.22. The number of benzene rings is 1. The van der Waals surface area contributed by atoms with Crippen molar-refractivity contribution < 1.29 is 9.39 Å². The van der Waals surface area contributed by atoms with Gasteiger partial charge in [0.1, 0.15) is 12.4 Å². The lowest BCUT2D eigenvalue weighted by molar-refractivity contribution is 0.274. The molecule has 0 fully saturated rings. The van der Waals surface area contributed by atoms with Crippen LogP contribution in [-0.2, 0) is 6.54 Å². The molecule has 1 aliphatic heterocycles. The first-order valence-corrected chi connectivity index (χ1v) is 10.8. The molecule has 0 saturated carbocycles. The number of allylic oxidation sites excluding steroid dienone is 1. The zero-order valence-electron chi connectivity index (χ0n) is 16.6. The molecule has 0 aromatic heterocycles. The van der Waals surface area contributed by atoms with Gasteiger partial charge in [0.25, 0.3) is 0 Å². The quantitative estimate of drug-likeness (QED) is 0.422. The Balaban J connectivity index is 1.78. The van der Waals surface area contributed by atoms with E-state index in [-0.39, 0.29) is 0 Å². The van der Waals surface area contributed by atoms with Crippen molar-refractivity contribution in [2.45, 2.75) is 39.7 Å². The van der Waals surface area contributed by atoms with Crippen LogP contribution in [0.3, 0.4) is 0 Å². The van der Waals surface area contributed by atoms with Crippen molar-refractivity contribution in [3.05, 3.63) is 34.7 Å². The highest BCUT2D eigenvalue weighted by Crippen LogP contribution is 2.30. The van der Waals surface area contributed by atoms with E-state index in [0.29, 0.717) is 6.61 Å². The number of hydrogen-bond acceptors (Lipinski definition) is 5. The van der Waals surface area contributed by atoms with Crippen molar-refractivity contribution in [2.24, 2.45) is 0 Å². The molecule has 0 saturated heterocycles. The van der Waals surface area contributed by atoms with Crippen molar-refractivity contribution in [2.75, 3.05) is 38.5 Å². The normalized spacial score (nSPS) is 13.9. The molecule has 6 heteroatoms. The Morgan fingerprint density at radius 2 is 1.96 bits per heavy atom. The molecule has 26 heavy (non-hydrogen) atoms. The second kappa shape index (κ2) is 12.3. The second-order valence-corrected chi connectivity index (χ2v) is 7.82. The summed E-state index contributed by atoms with van der Waals surface area (Å²) in [6.07, 6.45) is 5.84. The summed E-state index contributed by atoms with van der Waals surface area (Å²) in [6.45, 7) is 10.5. The van der Waals surface area contributed by atoms with Gasteiger partial charge in [0.2, 0.25) is 0 Å². The first kappa shape index (κ1) is 21.2. The average Bonchev–Trinajstić information content (AvgIpc) is 3.17. The average molecular weight is 376 g/mol. The minimum absolute atomic E-state index is 0.642. The molecule has 144 valence electrons. The van der Waals surface area contributed by atoms with Gasteiger partial charge in [0, 0.05) is 30.3 Å². The SMILES string of the molecule is BOc1cc(CNCCN(CCC)CCC)ccc1OCC1=CCCS1. The van der Waals surface area contributed by atoms with E-state index in [2.05, 4.69) is 42.3 Å². The van der Waals surface area contributed by atoms with Crippen LogP contribution in [0.25, 0.3) is 0 Å². The number of ether oxygens (including phenoxy) is 1. The summed E-state index contributed by atoms with van der Waals surface area (Å²) >= 11 is 1.88. The van der Waals surface area contributed by atoms with Gasteiger partial charge in [-0.15, -0.1) is 11.8 Å². The third-order valence-electron chi connectivity index (χ3n) is 4.39. The molecule has 0 bridgehead atoms. The van der Waals surface area contributed by atoms with Gasteiger partial charge >= 0.3 is 8.05 Å². The first-order chi connectivity index (χ1) is 12.8. The Morgan fingerprint density at radius 3 is 2.62 bits per heavy atom. The van der Waals surface area contributed by atoms with Crippen LogP contribution in [-0.4, -0.2) is 51.5 Å². The van der Waals surface area contributed by atoms with Gasteiger partial charge < -0.3 is 19.6 Å². The molecule has 1 N–H and O–H groups in total. The predicted molar refractivity (Wildman–Crippen MR) is 115 cm³/mol. The van der Waals surface area contributed by atoms with E-state index >= 15 is 0 Å². The van der Waals surface area contributed by atoms with E-state index in [1.165, 1.54) is 42.2 Å². The van der Waals surface area contributed by atoms with Gasteiger partial charge in [-0.25, -0.2) is 0 Å². The topological polar surface area (TPSA) is 33.7 Å². The first-order valence-electron chi connectivity index (χ1n) is 9.81. The zero-order valence-corrected chi connectivity index (χ0v) is 17.4.